The van der Waals surface area contributed by atoms with Crippen LogP contribution in [0.3, 0.4) is 0 Å². The Hall–Kier alpha value is -1.34. The maximum atomic E-state index is 12.5. The summed E-state index contributed by atoms with van der Waals surface area (Å²) >= 11 is 1.53. The van der Waals surface area contributed by atoms with Crippen LogP contribution in [0.25, 0.3) is 0 Å². The number of thioether (sulfide) groups is 1. The number of nitrogens with zero attached hydrogens (tertiary/aromatic N) is 4. The molecule has 21 heavy (non-hydrogen) atoms. The van der Waals surface area contributed by atoms with Crippen molar-refractivity contribution in [2.45, 2.75) is 11.6 Å². The van der Waals surface area contributed by atoms with E-state index in [1.54, 1.807) is 6.20 Å². The topological polar surface area (TPSA) is 58.6 Å². The Kier molecular flexibility index (Phi) is 4.60. The average molecular weight is 308 g/mol. The largest absolute Gasteiger partial charge is 0.378 e. The summed E-state index contributed by atoms with van der Waals surface area (Å²) in [4.78, 5) is 25.3. The lowest BCUT2D eigenvalue weighted by atomic mass is 10.1. The Morgan fingerprint density at radius 1 is 1.38 bits per heavy atom. The van der Waals surface area contributed by atoms with Crippen molar-refractivity contribution in [2.24, 2.45) is 5.92 Å². The number of carbonyl (C=O) groups is 1. The highest BCUT2D eigenvalue weighted by Gasteiger charge is 2.32. The first-order valence-electron chi connectivity index (χ1n) is 7.26. The molecular formula is C14H20N4O2S. The molecule has 2 aliphatic heterocycles. The molecule has 6 nitrogen and oxygen atoms in total. The molecule has 1 aromatic rings. The monoisotopic (exact) mass is 308 g/mol. The van der Waals surface area contributed by atoms with Crippen LogP contribution in [-0.4, -0.2) is 66.4 Å². The van der Waals surface area contributed by atoms with Gasteiger partial charge in [-0.2, -0.15) is 0 Å². The van der Waals surface area contributed by atoms with Crippen LogP contribution < -0.4 is 4.90 Å². The van der Waals surface area contributed by atoms with Crippen molar-refractivity contribution < 1.29 is 9.53 Å². The van der Waals surface area contributed by atoms with Gasteiger partial charge in [-0.05, 0) is 18.7 Å². The molecule has 0 bridgehead atoms. The van der Waals surface area contributed by atoms with Crippen LogP contribution in [0.15, 0.2) is 17.4 Å². The summed E-state index contributed by atoms with van der Waals surface area (Å²) in [5.41, 5.74) is 0. The smallest absolute Gasteiger partial charge is 0.227 e. The molecule has 2 fully saturated rings. The second-order valence-corrected chi connectivity index (χ2v) is 6.04. The lowest BCUT2D eigenvalue weighted by Crippen LogP contribution is -2.44. The highest BCUT2D eigenvalue weighted by atomic mass is 32.2. The molecule has 3 heterocycles. The highest BCUT2D eigenvalue weighted by molar-refractivity contribution is 7.98. The first-order valence-corrected chi connectivity index (χ1v) is 8.49. The van der Waals surface area contributed by atoms with Crippen LogP contribution in [0.5, 0.6) is 0 Å². The predicted molar refractivity (Wildman–Crippen MR) is 81.5 cm³/mol. The molecular weight excluding hydrogens is 288 g/mol. The van der Waals surface area contributed by atoms with Gasteiger partial charge in [0.05, 0.1) is 19.1 Å². The highest BCUT2D eigenvalue weighted by Crippen LogP contribution is 2.24. The van der Waals surface area contributed by atoms with Gasteiger partial charge in [0.25, 0.3) is 0 Å². The first-order chi connectivity index (χ1) is 10.3. The Bertz CT molecular complexity index is 508. The van der Waals surface area contributed by atoms with E-state index in [9.17, 15) is 4.79 Å². The summed E-state index contributed by atoms with van der Waals surface area (Å²) < 4.78 is 5.30. The zero-order chi connectivity index (χ0) is 14.7. The number of ether oxygens (including phenoxy) is 1. The van der Waals surface area contributed by atoms with E-state index in [1.165, 1.54) is 11.8 Å². The van der Waals surface area contributed by atoms with E-state index in [0.717, 1.165) is 43.6 Å². The van der Waals surface area contributed by atoms with Crippen molar-refractivity contribution in [2.75, 3.05) is 50.5 Å². The number of rotatable bonds is 3. The van der Waals surface area contributed by atoms with Gasteiger partial charge in [-0.25, -0.2) is 9.97 Å². The van der Waals surface area contributed by atoms with Gasteiger partial charge in [0.2, 0.25) is 5.91 Å². The fourth-order valence-electron chi connectivity index (χ4n) is 2.82. The van der Waals surface area contributed by atoms with Crippen molar-refractivity contribution >= 4 is 23.5 Å². The lowest BCUT2D eigenvalue weighted by Gasteiger charge is -2.29. The zero-order valence-electron chi connectivity index (χ0n) is 12.2. The Balaban J connectivity index is 1.63. The van der Waals surface area contributed by atoms with Crippen LogP contribution >= 0.6 is 11.8 Å². The molecule has 1 atom stereocenters. The third-order valence-electron chi connectivity index (χ3n) is 3.99. The van der Waals surface area contributed by atoms with E-state index < -0.39 is 0 Å². The van der Waals surface area contributed by atoms with Crippen molar-refractivity contribution in [1.29, 1.82) is 0 Å². The number of anilines is 1. The van der Waals surface area contributed by atoms with Gasteiger partial charge in [0.15, 0.2) is 5.16 Å². The Labute approximate surface area is 128 Å². The minimum absolute atomic E-state index is 0.0794. The van der Waals surface area contributed by atoms with Gasteiger partial charge >= 0.3 is 0 Å². The molecule has 3 rings (SSSR count). The number of carbonyl (C=O) groups excluding carboxylic acids is 1. The normalized spacial score (nSPS) is 22.6. The third-order valence-corrected chi connectivity index (χ3v) is 4.55. The number of aromatic nitrogens is 2. The summed E-state index contributed by atoms with van der Waals surface area (Å²) in [6.07, 6.45) is 4.65. The molecule has 0 saturated carbocycles. The van der Waals surface area contributed by atoms with Crippen molar-refractivity contribution in [3.05, 3.63) is 12.3 Å². The molecule has 114 valence electrons. The quantitative estimate of drug-likeness (QED) is 0.610. The molecule has 1 aromatic heterocycles. The first kappa shape index (κ1) is 14.6. The Morgan fingerprint density at radius 3 is 2.95 bits per heavy atom. The van der Waals surface area contributed by atoms with E-state index in [0.29, 0.717) is 13.2 Å². The van der Waals surface area contributed by atoms with E-state index in [1.807, 2.05) is 17.2 Å². The number of hydrogen-bond acceptors (Lipinski definition) is 6. The zero-order valence-corrected chi connectivity index (χ0v) is 13.0. The minimum Gasteiger partial charge on any atom is -0.378 e. The van der Waals surface area contributed by atoms with Crippen LogP contribution in [0.1, 0.15) is 6.42 Å². The van der Waals surface area contributed by atoms with Gasteiger partial charge in [-0.1, -0.05) is 11.8 Å². The summed E-state index contributed by atoms with van der Waals surface area (Å²) in [6, 6.07) is 1.92. The summed E-state index contributed by atoms with van der Waals surface area (Å²) in [5.74, 6) is 1.27. The summed E-state index contributed by atoms with van der Waals surface area (Å²) in [6.45, 7) is 4.39. The van der Waals surface area contributed by atoms with Crippen molar-refractivity contribution in [3.63, 3.8) is 0 Å². The molecule has 1 unspecified atom stereocenters. The SMILES string of the molecule is CSc1nccc(N2CCC(C(=O)N3CCOCC3)C2)n1. The number of amides is 1. The molecule has 0 N–H and O–H groups in total. The molecule has 0 aromatic carbocycles. The lowest BCUT2D eigenvalue weighted by molar-refractivity contribution is -0.138. The standard InChI is InChI=1S/C14H20N4O2S/c1-21-14-15-4-2-12(16-14)18-5-3-11(10-18)13(19)17-6-8-20-9-7-17/h2,4,11H,3,5-10H2,1H3. The van der Waals surface area contributed by atoms with E-state index in [2.05, 4.69) is 14.9 Å². The molecule has 0 aliphatic carbocycles. The molecule has 2 saturated heterocycles. The fourth-order valence-corrected chi connectivity index (χ4v) is 3.17. The molecule has 0 radical (unpaired) electrons. The van der Waals surface area contributed by atoms with Gasteiger partial charge in [0.1, 0.15) is 5.82 Å². The van der Waals surface area contributed by atoms with Gasteiger partial charge in [-0.3, -0.25) is 4.79 Å². The van der Waals surface area contributed by atoms with Crippen LogP contribution in [0, 0.1) is 5.92 Å². The van der Waals surface area contributed by atoms with Crippen LogP contribution in [0.2, 0.25) is 0 Å². The number of morpholine rings is 1. The molecule has 1 amide bonds. The average Bonchev–Trinajstić information content (AvgIpc) is 3.05. The van der Waals surface area contributed by atoms with Crippen molar-refractivity contribution in [1.82, 2.24) is 14.9 Å². The predicted octanol–water partition coefficient (Wildman–Crippen LogP) is 0.884. The maximum Gasteiger partial charge on any atom is 0.227 e. The van der Waals surface area contributed by atoms with Crippen molar-refractivity contribution in [3.8, 4) is 0 Å². The summed E-state index contributed by atoms with van der Waals surface area (Å²) in [5, 5.41) is 0.774. The second-order valence-electron chi connectivity index (χ2n) is 5.27. The van der Waals surface area contributed by atoms with Crippen LogP contribution in [0.4, 0.5) is 5.82 Å². The van der Waals surface area contributed by atoms with Gasteiger partial charge in [0, 0.05) is 32.4 Å². The van der Waals surface area contributed by atoms with E-state index in [-0.39, 0.29) is 11.8 Å². The second kappa shape index (κ2) is 6.62. The Morgan fingerprint density at radius 2 is 2.19 bits per heavy atom. The van der Waals surface area contributed by atoms with E-state index in [4.69, 9.17) is 4.74 Å². The van der Waals surface area contributed by atoms with Gasteiger partial charge < -0.3 is 14.5 Å². The van der Waals surface area contributed by atoms with Gasteiger partial charge in [-0.15, -0.1) is 0 Å². The third kappa shape index (κ3) is 3.29. The molecule has 2 aliphatic rings. The number of hydrogen-bond donors (Lipinski definition) is 0. The minimum atomic E-state index is 0.0794. The molecule has 7 heteroatoms. The van der Waals surface area contributed by atoms with E-state index >= 15 is 0 Å². The maximum absolute atomic E-state index is 12.5. The fraction of sp³-hybridized carbons (Fsp3) is 0.643. The summed E-state index contributed by atoms with van der Waals surface area (Å²) in [7, 11) is 0. The molecule has 0 spiro atoms. The van der Waals surface area contributed by atoms with Crippen LogP contribution in [-0.2, 0) is 9.53 Å².